The molecule has 0 aromatic heterocycles. The summed E-state index contributed by atoms with van der Waals surface area (Å²) < 4.78 is 5.25. The molecule has 22 heavy (non-hydrogen) atoms. The van der Waals surface area contributed by atoms with Crippen molar-refractivity contribution in [3.63, 3.8) is 0 Å². The van der Waals surface area contributed by atoms with Gasteiger partial charge < -0.3 is 15.0 Å². The predicted octanol–water partition coefficient (Wildman–Crippen LogP) is 2.35. The number of amides is 2. The van der Waals surface area contributed by atoms with Crippen molar-refractivity contribution in [2.24, 2.45) is 0 Å². The Labute approximate surface area is 132 Å². The number of para-hydroxylation sites is 1. The molecule has 0 aliphatic rings. The summed E-state index contributed by atoms with van der Waals surface area (Å²) in [7, 11) is 1.61. The fourth-order valence-corrected chi connectivity index (χ4v) is 2.14. The molecule has 5 nitrogen and oxygen atoms in total. The number of hydrogen-bond acceptors (Lipinski definition) is 3. The molecule has 0 heterocycles. The Balaban J connectivity index is 2.40. The zero-order valence-electron chi connectivity index (χ0n) is 13.7. The quantitative estimate of drug-likeness (QED) is 0.762. The third-order valence-corrected chi connectivity index (χ3v) is 3.50. The molecular weight excluding hydrogens is 280 g/mol. The second-order valence-electron chi connectivity index (χ2n) is 5.20. The van der Waals surface area contributed by atoms with Gasteiger partial charge in [-0.15, -0.1) is 0 Å². The minimum Gasteiger partial charge on any atom is -0.496 e. The van der Waals surface area contributed by atoms with E-state index in [-0.39, 0.29) is 11.8 Å². The number of unbranched alkanes of at least 4 members (excludes halogenated alkanes) is 1. The van der Waals surface area contributed by atoms with E-state index in [1.807, 2.05) is 24.3 Å². The van der Waals surface area contributed by atoms with Crippen LogP contribution in [0.15, 0.2) is 24.3 Å². The molecule has 122 valence electrons. The highest BCUT2D eigenvalue weighted by molar-refractivity contribution is 5.78. The van der Waals surface area contributed by atoms with E-state index in [1.165, 1.54) is 0 Å². The van der Waals surface area contributed by atoms with Crippen LogP contribution in [0, 0.1) is 0 Å². The van der Waals surface area contributed by atoms with Gasteiger partial charge in [0.05, 0.1) is 7.11 Å². The molecule has 0 saturated heterocycles. The molecule has 0 fully saturated rings. The third kappa shape index (κ3) is 6.16. The van der Waals surface area contributed by atoms with Gasteiger partial charge in [-0.1, -0.05) is 31.5 Å². The van der Waals surface area contributed by atoms with E-state index >= 15 is 0 Å². The highest BCUT2D eigenvalue weighted by Crippen LogP contribution is 2.16. The zero-order valence-corrected chi connectivity index (χ0v) is 13.7. The van der Waals surface area contributed by atoms with E-state index < -0.39 is 0 Å². The van der Waals surface area contributed by atoms with Crippen molar-refractivity contribution < 1.29 is 14.3 Å². The molecule has 2 amide bonds. The largest absolute Gasteiger partial charge is 0.496 e. The van der Waals surface area contributed by atoms with E-state index in [2.05, 4.69) is 12.2 Å². The van der Waals surface area contributed by atoms with Crippen LogP contribution in [-0.2, 0) is 16.1 Å². The van der Waals surface area contributed by atoms with Crippen molar-refractivity contribution >= 4 is 11.8 Å². The third-order valence-electron chi connectivity index (χ3n) is 3.50. The minimum absolute atomic E-state index is 0.0194. The molecule has 0 unspecified atom stereocenters. The Hall–Kier alpha value is -2.04. The van der Waals surface area contributed by atoms with Crippen LogP contribution in [-0.4, -0.2) is 36.9 Å². The molecule has 0 radical (unpaired) electrons. The highest BCUT2D eigenvalue weighted by Gasteiger charge is 2.11. The van der Waals surface area contributed by atoms with Crippen molar-refractivity contribution in [3.05, 3.63) is 29.8 Å². The number of nitrogens with one attached hydrogen (secondary N) is 1. The second kappa shape index (κ2) is 9.82. The summed E-state index contributed by atoms with van der Waals surface area (Å²) in [5.74, 6) is 0.718. The van der Waals surface area contributed by atoms with Gasteiger partial charge in [-0.2, -0.15) is 0 Å². The SMILES string of the molecule is CCCCN(CCC(=O)NCc1ccccc1OC)C(C)=O. The van der Waals surface area contributed by atoms with Crippen LogP contribution in [0.5, 0.6) is 5.75 Å². The smallest absolute Gasteiger partial charge is 0.222 e. The minimum atomic E-state index is -0.0614. The number of carbonyl (C=O) groups is 2. The van der Waals surface area contributed by atoms with E-state index in [0.29, 0.717) is 26.1 Å². The lowest BCUT2D eigenvalue weighted by Crippen LogP contribution is -2.34. The molecule has 0 saturated carbocycles. The average molecular weight is 306 g/mol. The maximum atomic E-state index is 11.9. The molecule has 0 bridgehead atoms. The van der Waals surface area contributed by atoms with Gasteiger partial charge in [-0.25, -0.2) is 0 Å². The summed E-state index contributed by atoms with van der Waals surface area (Å²) in [4.78, 5) is 25.2. The van der Waals surface area contributed by atoms with Crippen LogP contribution >= 0.6 is 0 Å². The van der Waals surface area contributed by atoms with Crippen molar-refractivity contribution in [1.29, 1.82) is 0 Å². The first-order chi connectivity index (χ1) is 10.6. The normalized spacial score (nSPS) is 10.1. The molecule has 0 aliphatic heterocycles. The van der Waals surface area contributed by atoms with Gasteiger partial charge in [-0.05, 0) is 12.5 Å². The van der Waals surface area contributed by atoms with Gasteiger partial charge in [-0.3, -0.25) is 9.59 Å². The van der Waals surface area contributed by atoms with E-state index in [0.717, 1.165) is 24.2 Å². The van der Waals surface area contributed by atoms with Gasteiger partial charge in [0.25, 0.3) is 0 Å². The van der Waals surface area contributed by atoms with Crippen LogP contribution in [0.3, 0.4) is 0 Å². The van der Waals surface area contributed by atoms with Gasteiger partial charge in [0.2, 0.25) is 11.8 Å². The first kappa shape index (κ1) is 18.0. The molecule has 0 spiro atoms. The van der Waals surface area contributed by atoms with Crippen LogP contribution in [0.25, 0.3) is 0 Å². The lowest BCUT2D eigenvalue weighted by Gasteiger charge is -2.20. The first-order valence-electron chi connectivity index (χ1n) is 7.72. The zero-order chi connectivity index (χ0) is 16.4. The molecule has 1 aromatic rings. The molecule has 0 aliphatic carbocycles. The summed E-state index contributed by atoms with van der Waals surface area (Å²) in [6.45, 7) is 5.23. The van der Waals surface area contributed by atoms with E-state index in [9.17, 15) is 9.59 Å². The number of nitrogens with zero attached hydrogens (tertiary/aromatic N) is 1. The summed E-state index contributed by atoms with van der Waals surface area (Å²) in [6.07, 6.45) is 2.31. The molecule has 1 aromatic carbocycles. The number of benzene rings is 1. The monoisotopic (exact) mass is 306 g/mol. The molecule has 0 atom stereocenters. The number of methoxy groups -OCH3 is 1. The van der Waals surface area contributed by atoms with Gasteiger partial charge in [0, 0.05) is 38.5 Å². The number of hydrogen-bond donors (Lipinski definition) is 1. The molecule has 5 heteroatoms. The summed E-state index contributed by atoms with van der Waals surface area (Å²) in [6, 6.07) is 7.58. The van der Waals surface area contributed by atoms with Crippen LogP contribution < -0.4 is 10.1 Å². The topological polar surface area (TPSA) is 58.6 Å². The maximum absolute atomic E-state index is 11.9. The van der Waals surface area contributed by atoms with Gasteiger partial charge in [0.15, 0.2) is 0 Å². The fraction of sp³-hybridized carbons (Fsp3) is 0.529. The number of rotatable bonds is 9. The highest BCUT2D eigenvalue weighted by atomic mass is 16.5. The standard InChI is InChI=1S/C17H26N2O3/c1-4-5-11-19(14(2)20)12-10-17(21)18-13-15-8-6-7-9-16(15)22-3/h6-9H,4-5,10-13H2,1-3H3,(H,18,21). The predicted molar refractivity (Wildman–Crippen MR) is 86.6 cm³/mol. The summed E-state index contributed by atoms with van der Waals surface area (Å²) >= 11 is 0. The van der Waals surface area contributed by atoms with E-state index in [1.54, 1.807) is 18.9 Å². The Bertz CT molecular complexity index is 489. The number of carbonyl (C=O) groups excluding carboxylic acids is 2. The Morgan fingerprint density at radius 1 is 1.23 bits per heavy atom. The molecular formula is C17H26N2O3. The Kier molecular flexibility index (Phi) is 8.04. The van der Waals surface area contributed by atoms with Crippen molar-refractivity contribution in [2.45, 2.75) is 39.7 Å². The number of ether oxygens (including phenoxy) is 1. The molecule has 1 rings (SSSR count). The van der Waals surface area contributed by atoms with Crippen LogP contribution in [0.4, 0.5) is 0 Å². The van der Waals surface area contributed by atoms with Crippen molar-refractivity contribution in [1.82, 2.24) is 10.2 Å². The average Bonchev–Trinajstić information content (AvgIpc) is 2.52. The van der Waals surface area contributed by atoms with Crippen LogP contribution in [0.2, 0.25) is 0 Å². The summed E-state index contributed by atoms with van der Waals surface area (Å²) in [5, 5.41) is 2.87. The van der Waals surface area contributed by atoms with Gasteiger partial charge >= 0.3 is 0 Å². The first-order valence-corrected chi connectivity index (χ1v) is 7.72. The van der Waals surface area contributed by atoms with Crippen molar-refractivity contribution in [3.8, 4) is 5.75 Å². The molecule has 1 N–H and O–H groups in total. The Morgan fingerprint density at radius 2 is 1.95 bits per heavy atom. The lowest BCUT2D eigenvalue weighted by molar-refractivity contribution is -0.129. The van der Waals surface area contributed by atoms with Crippen LogP contribution in [0.1, 0.15) is 38.7 Å². The Morgan fingerprint density at radius 3 is 2.59 bits per heavy atom. The second-order valence-corrected chi connectivity index (χ2v) is 5.20. The lowest BCUT2D eigenvalue weighted by atomic mass is 10.2. The van der Waals surface area contributed by atoms with Crippen molar-refractivity contribution in [2.75, 3.05) is 20.2 Å². The fourth-order valence-electron chi connectivity index (χ4n) is 2.14. The van der Waals surface area contributed by atoms with Gasteiger partial charge in [0.1, 0.15) is 5.75 Å². The summed E-state index contributed by atoms with van der Waals surface area (Å²) in [5.41, 5.74) is 0.938. The van der Waals surface area contributed by atoms with E-state index in [4.69, 9.17) is 4.74 Å². The maximum Gasteiger partial charge on any atom is 0.222 e.